The fourth-order valence-electron chi connectivity index (χ4n) is 2.70. The smallest absolute Gasteiger partial charge is 0.239 e. The topological polar surface area (TPSA) is 123 Å². The number of rotatable bonds is 4. The summed E-state index contributed by atoms with van der Waals surface area (Å²) in [5.41, 5.74) is 5.47. The number of ether oxygens (including phenoxy) is 1. The Labute approximate surface area is 152 Å². The van der Waals surface area contributed by atoms with Gasteiger partial charge >= 0.3 is 0 Å². The number of nitrogens with zero attached hydrogens (tertiary/aromatic N) is 4. The van der Waals surface area contributed by atoms with Crippen molar-refractivity contribution in [1.29, 1.82) is 0 Å². The van der Waals surface area contributed by atoms with Crippen LogP contribution in [0.5, 0.6) is 5.75 Å². The maximum Gasteiger partial charge on any atom is 0.239 e. The van der Waals surface area contributed by atoms with Crippen LogP contribution in [-0.4, -0.2) is 48.6 Å². The first-order valence-electron chi connectivity index (χ1n) is 7.80. The summed E-state index contributed by atoms with van der Waals surface area (Å²) in [6, 6.07) is 6.98. The molecule has 3 rings (SSSR count). The third-order valence-electron chi connectivity index (χ3n) is 4.18. The zero-order chi connectivity index (χ0) is 18.9. The molecule has 0 saturated carbocycles. The van der Waals surface area contributed by atoms with Crippen molar-refractivity contribution in [2.24, 2.45) is 10.7 Å². The van der Waals surface area contributed by atoms with Crippen LogP contribution in [0.4, 0.5) is 11.6 Å². The average molecular weight is 376 g/mol. The quantitative estimate of drug-likeness (QED) is 0.817. The number of aliphatic imine (C=N–C) groups is 1. The highest BCUT2D eigenvalue weighted by Crippen LogP contribution is 2.33. The van der Waals surface area contributed by atoms with Crippen LogP contribution in [0.3, 0.4) is 0 Å². The molecular formula is C16H20N6O3S. The molecule has 1 aliphatic rings. The summed E-state index contributed by atoms with van der Waals surface area (Å²) in [4.78, 5) is 12.9. The lowest BCUT2D eigenvalue weighted by atomic mass is 9.95. The first kappa shape index (κ1) is 17.9. The Morgan fingerprint density at radius 3 is 2.77 bits per heavy atom. The van der Waals surface area contributed by atoms with Gasteiger partial charge in [-0.25, -0.2) is 27.7 Å². The molecule has 0 bridgehead atoms. The van der Waals surface area contributed by atoms with Gasteiger partial charge in [0.15, 0.2) is 11.6 Å². The standard InChI is InChI=1S/C16H20N6O3S/c1-16(10-26(23,24)22(2)15(17)21-16)11-6-8-18-13(9-11)20-14-12(25-3)5-4-7-19-14/h4-9H,10H2,1-3H3,(H2,17,21)(H,18,19,20). The predicted molar refractivity (Wildman–Crippen MR) is 98.8 cm³/mol. The van der Waals surface area contributed by atoms with Crippen molar-refractivity contribution in [2.75, 3.05) is 25.2 Å². The molecule has 0 saturated heterocycles. The fourth-order valence-corrected chi connectivity index (χ4v) is 4.16. The minimum Gasteiger partial charge on any atom is -0.493 e. The molecule has 138 valence electrons. The van der Waals surface area contributed by atoms with Crippen LogP contribution in [0.2, 0.25) is 0 Å². The van der Waals surface area contributed by atoms with E-state index < -0.39 is 15.6 Å². The van der Waals surface area contributed by atoms with E-state index in [1.807, 2.05) is 0 Å². The Bertz CT molecular complexity index is 962. The molecule has 2 aromatic heterocycles. The van der Waals surface area contributed by atoms with Gasteiger partial charge in [0.1, 0.15) is 11.4 Å². The van der Waals surface area contributed by atoms with Crippen molar-refractivity contribution >= 4 is 27.6 Å². The lowest BCUT2D eigenvalue weighted by molar-refractivity contribution is 0.415. The van der Waals surface area contributed by atoms with Crippen molar-refractivity contribution in [3.8, 4) is 5.75 Å². The van der Waals surface area contributed by atoms with Crippen LogP contribution in [0.1, 0.15) is 12.5 Å². The van der Waals surface area contributed by atoms with E-state index in [1.54, 1.807) is 50.7 Å². The van der Waals surface area contributed by atoms with Crippen LogP contribution in [0.25, 0.3) is 0 Å². The molecule has 0 fully saturated rings. The number of hydrogen-bond donors (Lipinski definition) is 2. The summed E-state index contributed by atoms with van der Waals surface area (Å²) in [5, 5.41) is 3.07. The molecule has 0 spiro atoms. The molecular weight excluding hydrogens is 356 g/mol. The van der Waals surface area contributed by atoms with Gasteiger partial charge in [-0.3, -0.25) is 0 Å². The summed E-state index contributed by atoms with van der Waals surface area (Å²) >= 11 is 0. The summed E-state index contributed by atoms with van der Waals surface area (Å²) in [6.07, 6.45) is 3.21. The highest BCUT2D eigenvalue weighted by Gasteiger charge is 2.40. The van der Waals surface area contributed by atoms with Crippen molar-refractivity contribution in [2.45, 2.75) is 12.5 Å². The lowest BCUT2D eigenvalue weighted by Crippen LogP contribution is -2.50. The molecule has 9 nitrogen and oxygen atoms in total. The second kappa shape index (κ2) is 6.45. The van der Waals surface area contributed by atoms with Crippen LogP contribution in [0.15, 0.2) is 41.7 Å². The number of methoxy groups -OCH3 is 1. The number of guanidine groups is 1. The second-order valence-corrected chi connectivity index (χ2v) is 8.08. The molecule has 0 aliphatic carbocycles. The van der Waals surface area contributed by atoms with Gasteiger partial charge < -0.3 is 15.8 Å². The molecule has 0 amide bonds. The molecule has 26 heavy (non-hydrogen) atoms. The fraction of sp³-hybridized carbons (Fsp3) is 0.312. The Morgan fingerprint density at radius 2 is 2.08 bits per heavy atom. The maximum absolute atomic E-state index is 12.3. The van der Waals surface area contributed by atoms with Gasteiger partial charge in [0.05, 0.1) is 12.9 Å². The summed E-state index contributed by atoms with van der Waals surface area (Å²) in [6.45, 7) is 1.73. The Hall–Kier alpha value is -2.88. The number of hydrogen-bond acceptors (Lipinski definition) is 8. The van der Waals surface area contributed by atoms with Crippen molar-refractivity contribution in [1.82, 2.24) is 14.3 Å². The van der Waals surface area contributed by atoms with Crippen LogP contribution in [0, 0.1) is 0 Å². The predicted octanol–water partition coefficient (Wildman–Crippen LogP) is 1.03. The highest BCUT2D eigenvalue weighted by atomic mass is 32.2. The molecule has 1 atom stereocenters. The van der Waals surface area contributed by atoms with E-state index in [9.17, 15) is 8.42 Å². The lowest BCUT2D eigenvalue weighted by Gasteiger charge is -2.34. The minimum absolute atomic E-state index is 0.0449. The molecule has 1 aliphatic heterocycles. The molecule has 3 heterocycles. The van der Waals surface area contributed by atoms with Gasteiger partial charge in [-0.1, -0.05) is 0 Å². The Morgan fingerprint density at radius 1 is 1.31 bits per heavy atom. The van der Waals surface area contributed by atoms with Gasteiger partial charge in [0.25, 0.3) is 0 Å². The van der Waals surface area contributed by atoms with E-state index in [-0.39, 0.29) is 11.7 Å². The first-order chi connectivity index (χ1) is 12.2. The third kappa shape index (κ3) is 3.27. The second-order valence-electron chi connectivity index (χ2n) is 6.08. The van der Waals surface area contributed by atoms with Crippen LogP contribution in [-0.2, 0) is 15.6 Å². The number of nitrogens with one attached hydrogen (secondary N) is 1. The van der Waals surface area contributed by atoms with E-state index in [0.29, 0.717) is 22.9 Å². The molecule has 2 aromatic rings. The van der Waals surface area contributed by atoms with Gasteiger partial charge in [-0.15, -0.1) is 0 Å². The SMILES string of the molecule is COc1cccnc1Nc1cc(C2(C)CS(=O)(=O)N(C)C(N)=N2)ccn1. The largest absolute Gasteiger partial charge is 0.493 e. The van der Waals surface area contributed by atoms with E-state index >= 15 is 0 Å². The number of sulfonamides is 1. The monoisotopic (exact) mass is 376 g/mol. The van der Waals surface area contributed by atoms with E-state index in [0.717, 1.165) is 4.31 Å². The average Bonchev–Trinajstić information content (AvgIpc) is 2.60. The van der Waals surface area contributed by atoms with Crippen molar-refractivity contribution in [3.63, 3.8) is 0 Å². The number of aromatic nitrogens is 2. The summed E-state index contributed by atoms with van der Waals surface area (Å²) in [7, 11) is -0.605. The Kier molecular flexibility index (Phi) is 4.45. The highest BCUT2D eigenvalue weighted by molar-refractivity contribution is 7.89. The number of nitrogens with two attached hydrogens (primary N) is 1. The van der Waals surface area contributed by atoms with Gasteiger partial charge in [0.2, 0.25) is 16.0 Å². The molecule has 0 radical (unpaired) electrons. The van der Waals surface area contributed by atoms with E-state index in [1.165, 1.54) is 7.05 Å². The van der Waals surface area contributed by atoms with E-state index in [4.69, 9.17) is 10.5 Å². The van der Waals surface area contributed by atoms with Crippen LogP contribution < -0.4 is 15.8 Å². The van der Waals surface area contributed by atoms with E-state index in [2.05, 4.69) is 20.3 Å². The summed E-state index contributed by atoms with van der Waals surface area (Å²) in [5.74, 6) is 1.33. The molecule has 10 heteroatoms. The van der Waals surface area contributed by atoms with Gasteiger partial charge in [-0.2, -0.15) is 0 Å². The Balaban J connectivity index is 1.97. The van der Waals surface area contributed by atoms with Crippen molar-refractivity contribution in [3.05, 3.63) is 42.2 Å². The van der Waals surface area contributed by atoms with Crippen LogP contribution >= 0.6 is 0 Å². The van der Waals surface area contributed by atoms with Gasteiger partial charge in [0, 0.05) is 19.4 Å². The molecule has 3 N–H and O–H groups in total. The number of pyridine rings is 2. The van der Waals surface area contributed by atoms with Gasteiger partial charge in [-0.05, 0) is 36.8 Å². The zero-order valence-corrected chi connectivity index (χ0v) is 15.5. The zero-order valence-electron chi connectivity index (χ0n) is 14.7. The molecule has 0 aromatic carbocycles. The minimum atomic E-state index is -3.54. The first-order valence-corrected chi connectivity index (χ1v) is 9.40. The maximum atomic E-state index is 12.3. The third-order valence-corrected chi connectivity index (χ3v) is 6.13. The molecule has 1 unspecified atom stereocenters. The summed E-state index contributed by atoms with van der Waals surface area (Å²) < 4.78 is 31.0. The van der Waals surface area contributed by atoms with Crippen molar-refractivity contribution < 1.29 is 13.2 Å². The number of anilines is 2. The normalized spacial score (nSPS) is 21.8.